The average molecular weight is 403 g/mol. The number of nitrogens with zero attached hydrogens (tertiary/aromatic N) is 2. The van der Waals surface area contributed by atoms with E-state index in [9.17, 15) is 14.9 Å². The third-order valence-corrected chi connectivity index (χ3v) is 4.59. The summed E-state index contributed by atoms with van der Waals surface area (Å²) in [7, 11) is 1.52. The number of hydrogen-bond donors (Lipinski definition) is 1. The summed E-state index contributed by atoms with van der Waals surface area (Å²) in [5.41, 5.74) is 1.88. The van der Waals surface area contributed by atoms with Crippen LogP contribution in [0.25, 0.3) is 22.3 Å². The maximum atomic E-state index is 12.3. The highest BCUT2D eigenvalue weighted by Crippen LogP contribution is 2.32. The maximum absolute atomic E-state index is 12.3. The van der Waals surface area contributed by atoms with Gasteiger partial charge < -0.3 is 14.5 Å². The van der Waals surface area contributed by atoms with Crippen LogP contribution >= 0.6 is 0 Å². The topological polar surface area (TPSA) is 107 Å². The molecule has 30 heavy (non-hydrogen) atoms. The number of benzene rings is 3. The van der Waals surface area contributed by atoms with Gasteiger partial charge in [0.2, 0.25) is 0 Å². The number of aromatic nitrogens is 2. The van der Waals surface area contributed by atoms with E-state index in [1.54, 1.807) is 48.5 Å². The Kier molecular flexibility index (Phi) is 5.13. The molecule has 0 aliphatic heterocycles. The number of aromatic amines is 1. The quantitative estimate of drug-likeness (QED) is 0.384. The molecule has 0 spiro atoms. The Balaban J connectivity index is 1.59. The number of hydrogen-bond acceptors (Lipinski definition) is 6. The lowest BCUT2D eigenvalue weighted by atomic mass is 10.1. The van der Waals surface area contributed by atoms with Crippen molar-refractivity contribution in [1.29, 1.82) is 0 Å². The number of methoxy groups -OCH3 is 1. The number of H-pyrrole nitrogens is 1. The Morgan fingerprint density at radius 2 is 1.80 bits per heavy atom. The van der Waals surface area contributed by atoms with E-state index in [1.165, 1.54) is 19.2 Å². The van der Waals surface area contributed by atoms with Crippen molar-refractivity contribution >= 4 is 16.6 Å². The Morgan fingerprint density at radius 3 is 2.53 bits per heavy atom. The van der Waals surface area contributed by atoms with Gasteiger partial charge in [-0.25, -0.2) is 4.98 Å². The van der Waals surface area contributed by atoms with Crippen molar-refractivity contribution in [1.82, 2.24) is 9.97 Å². The van der Waals surface area contributed by atoms with Crippen LogP contribution in [-0.4, -0.2) is 22.0 Å². The first-order valence-electron chi connectivity index (χ1n) is 9.09. The molecule has 0 atom stereocenters. The van der Waals surface area contributed by atoms with Gasteiger partial charge in [-0.05, 0) is 48.0 Å². The lowest BCUT2D eigenvalue weighted by Crippen LogP contribution is -2.09. The van der Waals surface area contributed by atoms with Crippen molar-refractivity contribution < 1.29 is 14.4 Å². The highest BCUT2D eigenvalue weighted by atomic mass is 16.6. The summed E-state index contributed by atoms with van der Waals surface area (Å²) in [6, 6.07) is 18.5. The van der Waals surface area contributed by atoms with Crippen LogP contribution in [0, 0.1) is 10.1 Å². The normalized spacial score (nSPS) is 10.7. The summed E-state index contributed by atoms with van der Waals surface area (Å²) < 4.78 is 11.2. The van der Waals surface area contributed by atoms with E-state index in [2.05, 4.69) is 9.97 Å². The number of ether oxygens (including phenoxy) is 2. The average Bonchev–Trinajstić information content (AvgIpc) is 2.77. The van der Waals surface area contributed by atoms with Gasteiger partial charge in [0.25, 0.3) is 11.2 Å². The predicted molar refractivity (Wildman–Crippen MR) is 112 cm³/mol. The Morgan fingerprint density at radius 1 is 1.03 bits per heavy atom. The molecule has 0 aliphatic carbocycles. The number of non-ortho nitro benzene ring substituents is 1. The molecule has 0 amide bonds. The number of fused-ring (bicyclic) bond motifs is 1. The number of nitro benzene ring substituents is 1. The van der Waals surface area contributed by atoms with Crippen molar-refractivity contribution in [3.63, 3.8) is 0 Å². The molecule has 1 N–H and O–H groups in total. The lowest BCUT2D eigenvalue weighted by Gasteiger charge is -2.12. The van der Waals surface area contributed by atoms with Crippen molar-refractivity contribution in [2.45, 2.75) is 6.61 Å². The highest BCUT2D eigenvalue weighted by Gasteiger charge is 2.11. The lowest BCUT2D eigenvalue weighted by molar-refractivity contribution is -0.384. The standard InChI is InChI=1S/C22H17N3O5/c1-29-20-12-15(21-23-18-5-3-2-4-17(18)22(26)24-21)8-11-19(20)30-13-14-6-9-16(10-7-14)25(27)28/h2-12H,13H2,1H3,(H,23,24,26). The maximum Gasteiger partial charge on any atom is 0.269 e. The summed E-state index contributed by atoms with van der Waals surface area (Å²) in [5.74, 6) is 1.41. The van der Waals surface area contributed by atoms with Gasteiger partial charge in [-0.3, -0.25) is 14.9 Å². The van der Waals surface area contributed by atoms with Crippen LogP contribution in [0.1, 0.15) is 5.56 Å². The second kappa shape index (κ2) is 8.04. The number of nitro groups is 1. The van der Waals surface area contributed by atoms with Gasteiger partial charge in [-0.1, -0.05) is 12.1 Å². The fraction of sp³-hybridized carbons (Fsp3) is 0.0909. The van der Waals surface area contributed by atoms with Crippen LogP contribution in [0.2, 0.25) is 0 Å². The summed E-state index contributed by atoms with van der Waals surface area (Å²) in [6.07, 6.45) is 0. The van der Waals surface area contributed by atoms with Crippen molar-refractivity contribution in [2.75, 3.05) is 7.11 Å². The molecule has 8 nitrogen and oxygen atoms in total. The Labute approximate surface area is 170 Å². The minimum absolute atomic E-state index is 0.0255. The summed E-state index contributed by atoms with van der Waals surface area (Å²) in [5, 5.41) is 11.3. The molecular weight excluding hydrogens is 386 g/mol. The third-order valence-electron chi connectivity index (χ3n) is 4.59. The first-order valence-corrected chi connectivity index (χ1v) is 9.09. The second-order valence-corrected chi connectivity index (χ2v) is 6.51. The van der Waals surface area contributed by atoms with Gasteiger partial charge in [-0.15, -0.1) is 0 Å². The molecule has 3 aromatic carbocycles. The van der Waals surface area contributed by atoms with Gasteiger partial charge in [0.1, 0.15) is 12.4 Å². The molecule has 0 saturated heterocycles. The molecule has 150 valence electrons. The SMILES string of the molecule is COc1cc(-c2nc3ccccc3c(=O)[nH]2)ccc1OCc1ccc([N+](=O)[O-])cc1. The molecule has 8 heteroatoms. The van der Waals surface area contributed by atoms with Crippen molar-refractivity contribution in [3.05, 3.63) is 92.8 Å². The van der Waals surface area contributed by atoms with Crippen LogP contribution in [-0.2, 0) is 6.61 Å². The smallest absolute Gasteiger partial charge is 0.269 e. The first-order chi connectivity index (χ1) is 14.5. The van der Waals surface area contributed by atoms with Gasteiger partial charge >= 0.3 is 0 Å². The van der Waals surface area contributed by atoms with Gasteiger partial charge in [-0.2, -0.15) is 0 Å². The molecule has 4 rings (SSSR count). The fourth-order valence-corrected chi connectivity index (χ4v) is 3.03. The number of nitrogens with one attached hydrogen (secondary N) is 1. The molecular formula is C22H17N3O5. The van der Waals surface area contributed by atoms with Crippen LogP contribution in [0.15, 0.2) is 71.5 Å². The molecule has 1 heterocycles. The van der Waals surface area contributed by atoms with E-state index in [-0.39, 0.29) is 17.9 Å². The molecule has 0 aliphatic rings. The van der Waals surface area contributed by atoms with E-state index in [1.807, 2.05) is 6.07 Å². The summed E-state index contributed by atoms with van der Waals surface area (Å²) >= 11 is 0. The molecule has 0 saturated carbocycles. The van der Waals surface area contributed by atoms with E-state index in [4.69, 9.17) is 9.47 Å². The van der Waals surface area contributed by atoms with E-state index in [0.29, 0.717) is 33.8 Å². The first kappa shape index (κ1) is 19.1. The number of para-hydroxylation sites is 1. The third kappa shape index (κ3) is 3.83. The largest absolute Gasteiger partial charge is 0.493 e. The van der Waals surface area contributed by atoms with Crippen molar-refractivity contribution in [3.8, 4) is 22.9 Å². The highest BCUT2D eigenvalue weighted by molar-refractivity contribution is 5.79. The zero-order valence-corrected chi connectivity index (χ0v) is 16.0. The molecule has 4 aromatic rings. The van der Waals surface area contributed by atoms with Crippen LogP contribution < -0.4 is 15.0 Å². The summed E-state index contributed by atoms with van der Waals surface area (Å²) in [4.78, 5) is 29.9. The Bertz CT molecular complexity index is 1280. The minimum Gasteiger partial charge on any atom is -0.493 e. The van der Waals surface area contributed by atoms with Crippen LogP contribution in [0.3, 0.4) is 0 Å². The fourth-order valence-electron chi connectivity index (χ4n) is 3.03. The van der Waals surface area contributed by atoms with Gasteiger partial charge in [0.15, 0.2) is 11.5 Å². The van der Waals surface area contributed by atoms with E-state index in [0.717, 1.165) is 5.56 Å². The minimum atomic E-state index is -0.447. The summed E-state index contributed by atoms with van der Waals surface area (Å²) in [6.45, 7) is 0.221. The Hall–Kier alpha value is -4.20. The monoisotopic (exact) mass is 403 g/mol. The second-order valence-electron chi connectivity index (χ2n) is 6.51. The van der Waals surface area contributed by atoms with Gasteiger partial charge in [0.05, 0.1) is 22.9 Å². The van der Waals surface area contributed by atoms with E-state index < -0.39 is 4.92 Å². The van der Waals surface area contributed by atoms with Gasteiger partial charge in [0, 0.05) is 17.7 Å². The molecule has 0 unspecified atom stereocenters. The predicted octanol–water partition coefficient (Wildman–Crippen LogP) is 4.09. The molecule has 0 radical (unpaired) electrons. The molecule has 1 aromatic heterocycles. The zero-order valence-electron chi connectivity index (χ0n) is 16.0. The van der Waals surface area contributed by atoms with Crippen molar-refractivity contribution in [2.24, 2.45) is 0 Å². The van der Waals surface area contributed by atoms with Crippen LogP contribution in [0.4, 0.5) is 5.69 Å². The zero-order chi connectivity index (χ0) is 21.1. The van der Waals surface area contributed by atoms with E-state index >= 15 is 0 Å². The molecule has 0 fully saturated rings. The molecule has 0 bridgehead atoms. The number of rotatable bonds is 6. The van der Waals surface area contributed by atoms with Crippen LogP contribution in [0.5, 0.6) is 11.5 Å².